The normalized spacial score (nSPS) is 10.5. The Kier molecular flexibility index (Phi) is 1.77. The molecule has 2 rings (SSSR count). The minimum atomic E-state index is -0.186. The molecule has 0 radical (unpaired) electrons. The second-order valence-corrected chi connectivity index (χ2v) is 2.72. The summed E-state index contributed by atoms with van der Waals surface area (Å²) in [6, 6.07) is 3.11. The molecule has 0 aliphatic rings. The Morgan fingerprint density at radius 3 is 3.00 bits per heavy atom. The molecule has 2 aromatic heterocycles. The van der Waals surface area contributed by atoms with Crippen LogP contribution in [-0.4, -0.2) is 9.90 Å². The number of aromatic nitrogens is 2. The van der Waals surface area contributed by atoms with Gasteiger partial charge in [-0.3, -0.25) is 4.79 Å². The van der Waals surface area contributed by atoms with Crippen molar-refractivity contribution >= 4 is 0 Å². The monoisotopic (exact) mass is 180 g/mol. The van der Waals surface area contributed by atoms with Crippen LogP contribution in [0.5, 0.6) is 0 Å². The standard InChI is InChI=1S/C8H8N2O3/c1-6-4-7(13-9-6)5-10-8(11)2-3-12-10/h2-4H,5H2,1H3. The minimum absolute atomic E-state index is 0.186. The maximum Gasteiger partial charge on any atom is 0.282 e. The maximum absolute atomic E-state index is 11.0. The molecule has 0 aliphatic heterocycles. The molecule has 2 aromatic rings. The summed E-state index contributed by atoms with van der Waals surface area (Å²) in [5, 5.41) is 3.69. The molecule has 13 heavy (non-hydrogen) atoms. The first-order valence-corrected chi connectivity index (χ1v) is 3.83. The van der Waals surface area contributed by atoms with Crippen LogP contribution in [0.2, 0.25) is 0 Å². The van der Waals surface area contributed by atoms with Crippen LogP contribution in [0.4, 0.5) is 0 Å². The predicted octanol–water partition coefficient (Wildman–Crippen LogP) is 0.786. The molecular formula is C8H8N2O3. The molecule has 0 aromatic carbocycles. The van der Waals surface area contributed by atoms with Gasteiger partial charge in [-0.2, -0.15) is 4.74 Å². The largest absolute Gasteiger partial charge is 0.384 e. The van der Waals surface area contributed by atoms with Crippen molar-refractivity contribution in [3.8, 4) is 0 Å². The average molecular weight is 180 g/mol. The van der Waals surface area contributed by atoms with Crippen molar-refractivity contribution in [2.24, 2.45) is 0 Å². The Morgan fingerprint density at radius 2 is 2.46 bits per heavy atom. The molecule has 0 bridgehead atoms. The quantitative estimate of drug-likeness (QED) is 0.685. The van der Waals surface area contributed by atoms with Gasteiger partial charge in [-0.05, 0) is 6.92 Å². The molecule has 2 heterocycles. The van der Waals surface area contributed by atoms with Gasteiger partial charge in [-0.15, -0.1) is 0 Å². The molecule has 0 atom stereocenters. The van der Waals surface area contributed by atoms with Gasteiger partial charge in [0.05, 0.1) is 5.69 Å². The number of rotatable bonds is 2. The first-order chi connectivity index (χ1) is 6.25. The van der Waals surface area contributed by atoms with Crippen molar-refractivity contribution in [2.45, 2.75) is 13.5 Å². The summed E-state index contributed by atoms with van der Waals surface area (Å²) >= 11 is 0. The molecule has 0 aliphatic carbocycles. The maximum atomic E-state index is 11.0. The third-order valence-electron chi connectivity index (χ3n) is 1.62. The Hall–Kier alpha value is -1.78. The summed E-state index contributed by atoms with van der Waals surface area (Å²) in [5.74, 6) is 0.606. The molecular weight excluding hydrogens is 172 g/mol. The van der Waals surface area contributed by atoms with E-state index in [0.717, 1.165) is 5.69 Å². The van der Waals surface area contributed by atoms with E-state index in [1.165, 1.54) is 17.1 Å². The fourth-order valence-corrected chi connectivity index (χ4v) is 1.04. The lowest BCUT2D eigenvalue weighted by Gasteiger charge is -1.92. The number of nitrogens with zero attached hydrogens (tertiary/aromatic N) is 2. The lowest BCUT2D eigenvalue weighted by atomic mass is 10.4. The van der Waals surface area contributed by atoms with Gasteiger partial charge in [0.1, 0.15) is 12.8 Å². The van der Waals surface area contributed by atoms with Crippen LogP contribution in [0.15, 0.2) is 32.2 Å². The van der Waals surface area contributed by atoms with E-state index in [1.807, 2.05) is 6.92 Å². The summed E-state index contributed by atoms with van der Waals surface area (Å²) in [6.45, 7) is 2.10. The fraction of sp³-hybridized carbons (Fsp3) is 0.250. The highest BCUT2D eigenvalue weighted by Gasteiger charge is 2.04. The van der Waals surface area contributed by atoms with E-state index in [9.17, 15) is 4.79 Å². The van der Waals surface area contributed by atoms with Gasteiger partial charge in [0.15, 0.2) is 5.76 Å². The van der Waals surface area contributed by atoms with Gasteiger partial charge in [-0.1, -0.05) is 5.16 Å². The lowest BCUT2D eigenvalue weighted by Crippen LogP contribution is -2.13. The van der Waals surface area contributed by atoms with E-state index < -0.39 is 0 Å². The van der Waals surface area contributed by atoms with Crippen LogP contribution < -0.4 is 5.56 Å². The molecule has 0 fully saturated rings. The molecule has 0 amide bonds. The van der Waals surface area contributed by atoms with E-state index in [1.54, 1.807) is 6.07 Å². The van der Waals surface area contributed by atoms with Gasteiger partial charge < -0.3 is 9.05 Å². The van der Waals surface area contributed by atoms with Crippen LogP contribution in [0, 0.1) is 6.92 Å². The van der Waals surface area contributed by atoms with E-state index in [2.05, 4.69) is 5.16 Å². The van der Waals surface area contributed by atoms with Gasteiger partial charge in [0.2, 0.25) is 0 Å². The third kappa shape index (κ3) is 1.53. The molecule has 0 spiro atoms. The molecule has 0 unspecified atom stereocenters. The highest BCUT2D eigenvalue weighted by Crippen LogP contribution is 2.03. The van der Waals surface area contributed by atoms with E-state index in [0.29, 0.717) is 5.76 Å². The number of hydrogen-bond donors (Lipinski definition) is 0. The van der Waals surface area contributed by atoms with Crippen LogP contribution in [-0.2, 0) is 6.54 Å². The van der Waals surface area contributed by atoms with Gasteiger partial charge in [-0.25, -0.2) is 0 Å². The Balaban J connectivity index is 2.24. The first kappa shape index (κ1) is 7.85. The second-order valence-electron chi connectivity index (χ2n) is 2.72. The zero-order chi connectivity index (χ0) is 9.26. The fourth-order valence-electron chi connectivity index (χ4n) is 1.04. The van der Waals surface area contributed by atoms with Gasteiger partial charge in [0, 0.05) is 12.1 Å². The molecule has 0 N–H and O–H groups in total. The Bertz CT molecular complexity index is 452. The van der Waals surface area contributed by atoms with E-state index in [-0.39, 0.29) is 12.1 Å². The molecule has 68 valence electrons. The van der Waals surface area contributed by atoms with E-state index >= 15 is 0 Å². The van der Waals surface area contributed by atoms with Crippen LogP contribution in [0.3, 0.4) is 0 Å². The molecule has 0 saturated heterocycles. The Morgan fingerprint density at radius 1 is 1.62 bits per heavy atom. The van der Waals surface area contributed by atoms with Crippen molar-refractivity contribution in [3.63, 3.8) is 0 Å². The average Bonchev–Trinajstić information content (AvgIpc) is 2.64. The zero-order valence-corrected chi connectivity index (χ0v) is 7.06. The summed E-state index contributed by atoms with van der Waals surface area (Å²) in [5.41, 5.74) is 0.601. The first-order valence-electron chi connectivity index (χ1n) is 3.83. The van der Waals surface area contributed by atoms with Crippen molar-refractivity contribution < 1.29 is 9.05 Å². The minimum Gasteiger partial charge on any atom is -0.384 e. The smallest absolute Gasteiger partial charge is 0.282 e. The summed E-state index contributed by atoms with van der Waals surface area (Å²) in [7, 11) is 0. The predicted molar refractivity (Wildman–Crippen MR) is 43.3 cm³/mol. The highest BCUT2D eigenvalue weighted by atomic mass is 16.5. The van der Waals surface area contributed by atoms with Crippen molar-refractivity contribution in [3.05, 3.63) is 40.2 Å². The van der Waals surface area contributed by atoms with Crippen molar-refractivity contribution in [2.75, 3.05) is 0 Å². The van der Waals surface area contributed by atoms with Crippen molar-refractivity contribution in [1.82, 2.24) is 9.90 Å². The summed E-state index contributed by atoms with van der Waals surface area (Å²) in [6.07, 6.45) is 1.34. The zero-order valence-electron chi connectivity index (χ0n) is 7.06. The van der Waals surface area contributed by atoms with E-state index in [4.69, 9.17) is 9.05 Å². The third-order valence-corrected chi connectivity index (χ3v) is 1.62. The second kappa shape index (κ2) is 2.93. The Labute approximate surface area is 73.5 Å². The van der Waals surface area contributed by atoms with Crippen LogP contribution in [0.1, 0.15) is 11.5 Å². The van der Waals surface area contributed by atoms with Gasteiger partial charge in [0.25, 0.3) is 5.56 Å². The van der Waals surface area contributed by atoms with Crippen LogP contribution in [0.25, 0.3) is 0 Å². The molecule has 5 nitrogen and oxygen atoms in total. The number of aryl methyl sites for hydroxylation is 1. The van der Waals surface area contributed by atoms with Gasteiger partial charge >= 0.3 is 0 Å². The highest BCUT2D eigenvalue weighted by molar-refractivity contribution is 5.03. The van der Waals surface area contributed by atoms with Crippen LogP contribution >= 0.6 is 0 Å². The molecule has 5 heteroatoms. The number of hydrogen-bond acceptors (Lipinski definition) is 4. The lowest BCUT2D eigenvalue weighted by molar-refractivity contribution is 0.252. The summed E-state index contributed by atoms with van der Waals surface area (Å²) < 4.78 is 11.0. The topological polar surface area (TPSA) is 61.2 Å². The SMILES string of the molecule is Cc1cc(Cn2occc2=O)on1. The molecule has 0 saturated carbocycles. The summed E-state index contributed by atoms with van der Waals surface area (Å²) in [4.78, 5) is 11.0. The van der Waals surface area contributed by atoms with Crippen molar-refractivity contribution in [1.29, 1.82) is 0 Å².